The van der Waals surface area contributed by atoms with Gasteiger partial charge in [-0.25, -0.2) is 0 Å². The Morgan fingerprint density at radius 1 is 1.32 bits per heavy atom. The maximum Gasteiger partial charge on any atom is 0.162 e. The third-order valence-electron chi connectivity index (χ3n) is 4.00. The molecule has 0 radical (unpaired) electrons. The number of benzene rings is 1. The SMILES string of the molecule is CCOc1cccc(CN2CC(C)CCC2C)c1O. The van der Waals surface area contributed by atoms with Crippen LogP contribution in [0.25, 0.3) is 0 Å². The van der Waals surface area contributed by atoms with E-state index in [1.807, 2.05) is 25.1 Å². The normalized spacial score (nSPS) is 24.4. The summed E-state index contributed by atoms with van der Waals surface area (Å²) in [4.78, 5) is 2.46. The van der Waals surface area contributed by atoms with Crippen LogP contribution < -0.4 is 4.74 Å². The highest BCUT2D eigenvalue weighted by Crippen LogP contribution is 2.32. The first-order chi connectivity index (χ1) is 9.11. The van der Waals surface area contributed by atoms with E-state index < -0.39 is 0 Å². The third kappa shape index (κ3) is 3.41. The first-order valence-corrected chi connectivity index (χ1v) is 7.29. The van der Waals surface area contributed by atoms with Gasteiger partial charge < -0.3 is 9.84 Å². The number of rotatable bonds is 4. The molecule has 2 unspecified atom stereocenters. The Morgan fingerprint density at radius 3 is 2.84 bits per heavy atom. The molecular weight excluding hydrogens is 238 g/mol. The Morgan fingerprint density at radius 2 is 2.11 bits per heavy atom. The third-order valence-corrected chi connectivity index (χ3v) is 4.00. The van der Waals surface area contributed by atoms with Crippen LogP contribution in [0, 0.1) is 5.92 Å². The summed E-state index contributed by atoms with van der Waals surface area (Å²) < 4.78 is 5.45. The van der Waals surface area contributed by atoms with Gasteiger partial charge in [0.1, 0.15) is 0 Å². The summed E-state index contributed by atoms with van der Waals surface area (Å²) in [6, 6.07) is 6.36. The van der Waals surface area contributed by atoms with Crippen molar-refractivity contribution in [3.63, 3.8) is 0 Å². The lowest BCUT2D eigenvalue weighted by Gasteiger charge is -2.36. The van der Waals surface area contributed by atoms with E-state index in [0.717, 1.165) is 24.6 Å². The van der Waals surface area contributed by atoms with Gasteiger partial charge in [0.05, 0.1) is 6.61 Å². The van der Waals surface area contributed by atoms with Gasteiger partial charge in [0.2, 0.25) is 0 Å². The van der Waals surface area contributed by atoms with Crippen molar-refractivity contribution in [2.45, 2.75) is 46.2 Å². The number of ether oxygens (including phenoxy) is 1. The Labute approximate surface area is 116 Å². The standard InChI is InChI=1S/C16H25NO2/c1-4-19-15-7-5-6-14(16(15)18)11-17-10-12(2)8-9-13(17)3/h5-7,12-13,18H,4,8-11H2,1-3H3. The molecule has 1 N–H and O–H groups in total. The molecule has 2 rings (SSSR count). The van der Waals surface area contributed by atoms with E-state index in [9.17, 15) is 5.11 Å². The molecule has 106 valence electrons. The summed E-state index contributed by atoms with van der Waals surface area (Å²) in [5, 5.41) is 10.3. The Kier molecular flexibility index (Phi) is 4.70. The molecule has 0 aromatic heterocycles. The van der Waals surface area contributed by atoms with Crippen LogP contribution in [0.3, 0.4) is 0 Å². The van der Waals surface area contributed by atoms with Gasteiger partial charge in [-0.05, 0) is 38.7 Å². The summed E-state index contributed by atoms with van der Waals surface area (Å²) in [6.07, 6.45) is 2.55. The highest BCUT2D eigenvalue weighted by molar-refractivity contribution is 5.45. The topological polar surface area (TPSA) is 32.7 Å². The molecule has 0 spiro atoms. The Balaban J connectivity index is 2.11. The molecule has 0 amide bonds. The maximum absolute atomic E-state index is 10.3. The predicted molar refractivity (Wildman–Crippen MR) is 77.5 cm³/mol. The number of aromatic hydroxyl groups is 1. The largest absolute Gasteiger partial charge is 0.504 e. The number of phenols is 1. The maximum atomic E-state index is 10.3. The van der Waals surface area contributed by atoms with Crippen molar-refractivity contribution in [3.05, 3.63) is 23.8 Å². The molecule has 0 aliphatic carbocycles. The molecule has 1 aliphatic heterocycles. The van der Waals surface area contributed by atoms with E-state index in [0.29, 0.717) is 24.1 Å². The Hall–Kier alpha value is -1.22. The van der Waals surface area contributed by atoms with Gasteiger partial charge in [0, 0.05) is 24.7 Å². The lowest BCUT2D eigenvalue weighted by molar-refractivity contribution is 0.116. The molecule has 1 fully saturated rings. The number of hydrogen-bond donors (Lipinski definition) is 1. The zero-order chi connectivity index (χ0) is 13.8. The first-order valence-electron chi connectivity index (χ1n) is 7.29. The number of para-hydroxylation sites is 1. The molecule has 1 aromatic rings. The highest BCUT2D eigenvalue weighted by atomic mass is 16.5. The predicted octanol–water partition coefficient (Wildman–Crippen LogP) is 3.41. The van der Waals surface area contributed by atoms with E-state index >= 15 is 0 Å². The van der Waals surface area contributed by atoms with E-state index in [2.05, 4.69) is 18.7 Å². The molecule has 0 bridgehead atoms. The zero-order valence-corrected chi connectivity index (χ0v) is 12.2. The average molecular weight is 263 g/mol. The second-order valence-corrected chi connectivity index (χ2v) is 5.66. The van der Waals surface area contributed by atoms with Crippen molar-refractivity contribution in [2.24, 2.45) is 5.92 Å². The summed E-state index contributed by atoms with van der Waals surface area (Å²) >= 11 is 0. The first kappa shape index (κ1) is 14.2. The molecule has 1 aliphatic rings. The number of nitrogens with zero attached hydrogens (tertiary/aromatic N) is 1. The van der Waals surface area contributed by atoms with Crippen LogP contribution in [-0.4, -0.2) is 29.2 Å². The van der Waals surface area contributed by atoms with Crippen LogP contribution >= 0.6 is 0 Å². The summed E-state index contributed by atoms with van der Waals surface area (Å²) in [6.45, 7) is 9.00. The fourth-order valence-electron chi connectivity index (χ4n) is 2.79. The fourth-order valence-corrected chi connectivity index (χ4v) is 2.79. The molecule has 19 heavy (non-hydrogen) atoms. The van der Waals surface area contributed by atoms with E-state index in [1.54, 1.807) is 0 Å². The Bertz CT molecular complexity index is 419. The van der Waals surface area contributed by atoms with Crippen LogP contribution in [0.1, 0.15) is 39.2 Å². The van der Waals surface area contributed by atoms with Crippen LogP contribution in [0.5, 0.6) is 11.5 Å². The molecule has 2 atom stereocenters. The fraction of sp³-hybridized carbons (Fsp3) is 0.625. The van der Waals surface area contributed by atoms with Crippen molar-refractivity contribution in [1.82, 2.24) is 4.90 Å². The van der Waals surface area contributed by atoms with Crippen molar-refractivity contribution >= 4 is 0 Å². The molecule has 1 aromatic carbocycles. The smallest absolute Gasteiger partial charge is 0.162 e. The van der Waals surface area contributed by atoms with Gasteiger partial charge >= 0.3 is 0 Å². The molecule has 1 heterocycles. The highest BCUT2D eigenvalue weighted by Gasteiger charge is 2.23. The summed E-state index contributed by atoms with van der Waals surface area (Å²) in [5.74, 6) is 1.64. The van der Waals surface area contributed by atoms with Gasteiger partial charge in [-0.3, -0.25) is 4.90 Å². The molecule has 1 saturated heterocycles. The quantitative estimate of drug-likeness (QED) is 0.903. The van der Waals surface area contributed by atoms with Gasteiger partial charge in [-0.1, -0.05) is 19.1 Å². The van der Waals surface area contributed by atoms with E-state index in [1.165, 1.54) is 12.8 Å². The van der Waals surface area contributed by atoms with Crippen LogP contribution in [-0.2, 0) is 6.54 Å². The second kappa shape index (κ2) is 6.29. The van der Waals surface area contributed by atoms with Crippen molar-refractivity contribution in [2.75, 3.05) is 13.2 Å². The van der Waals surface area contributed by atoms with Gasteiger partial charge in [0.15, 0.2) is 11.5 Å². The zero-order valence-electron chi connectivity index (χ0n) is 12.2. The number of piperidine rings is 1. The number of hydrogen-bond acceptors (Lipinski definition) is 3. The van der Waals surface area contributed by atoms with Crippen LogP contribution in [0.15, 0.2) is 18.2 Å². The van der Waals surface area contributed by atoms with Gasteiger partial charge in [-0.15, -0.1) is 0 Å². The molecular formula is C16H25NO2. The molecule has 3 nitrogen and oxygen atoms in total. The van der Waals surface area contributed by atoms with Crippen molar-refractivity contribution in [1.29, 1.82) is 0 Å². The summed E-state index contributed by atoms with van der Waals surface area (Å²) in [7, 11) is 0. The lowest BCUT2D eigenvalue weighted by Crippen LogP contribution is -2.40. The van der Waals surface area contributed by atoms with Gasteiger partial charge in [0.25, 0.3) is 0 Å². The molecule has 0 saturated carbocycles. The molecule has 3 heteroatoms. The van der Waals surface area contributed by atoms with Crippen molar-refractivity contribution in [3.8, 4) is 11.5 Å². The van der Waals surface area contributed by atoms with Crippen LogP contribution in [0.4, 0.5) is 0 Å². The minimum Gasteiger partial charge on any atom is -0.504 e. The lowest BCUT2D eigenvalue weighted by atomic mass is 9.94. The minimum atomic E-state index is 0.301. The van der Waals surface area contributed by atoms with Crippen molar-refractivity contribution < 1.29 is 9.84 Å². The van der Waals surface area contributed by atoms with Crippen LogP contribution in [0.2, 0.25) is 0 Å². The minimum absolute atomic E-state index is 0.301. The second-order valence-electron chi connectivity index (χ2n) is 5.66. The number of phenolic OH excluding ortho intramolecular Hbond substituents is 1. The summed E-state index contributed by atoms with van der Waals surface area (Å²) in [5.41, 5.74) is 0.965. The number of likely N-dealkylation sites (tertiary alicyclic amines) is 1. The monoisotopic (exact) mass is 263 g/mol. The van der Waals surface area contributed by atoms with E-state index in [4.69, 9.17) is 4.74 Å². The van der Waals surface area contributed by atoms with E-state index in [-0.39, 0.29) is 0 Å². The average Bonchev–Trinajstić information content (AvgIpc) is 2.39. The van der Waals surface area contributed by atoms with Gasteiger partial charge in [-0.2, -0.15) is 0 Å².